The molecule has 0 saturated carbocycles. The topological polar surface area (TPSA) is 29.5 Å². The van der Waals surface area contributed by atoms with Gasteiger partial charge in [-0.25, -0.2) is 0 Å². The number of ether oxygens (including phenoxy) is 1. The van der Waals surface area contributed by atoms with Crippen molar-refractivity contribution in [1.29, 1.82) is 0 Å². The third-order valence-corrected chi connectivity index (χ3v) is 4.12. The first-order chi connectivity index (χ1) is 10.1. The van der Waals surface area contributed by atoms with Crippen LogP contribution in [-0.2, 0) is 6.54 Å². The van der Waals surface area contributed by atoms with E-state index in [0.717, 1.165) is 29.9 Å². The molecule has 1 unspecified atom stereocenters. The second-order valence-corrected chi connectivity index (χ2v) is 6.17. The molecule has 22 heavy (non-hydrogen) atoms. The van der Waals surface area contributed by atoms with E-state index in [-0.39, 0.29) is 30.1 Å². The molecule has 0 aromatic heterocycles. The van der Waals surface area contributed by atoms with Gasteiger partial charge < -0.3 is 38.3 Å². The molecule has 0 bridgehead atoms. The number of likely N-dealkylation sites (N-methyl/N-ethyl adjacent to an activating group) is 1. The molecule has 3 nitrogen and oxygen atoms in total. The van der Waals surface area contributed by atoms with Gasteiger partial charge in [-0.2, -0.15) is 0 Å². The van der Waals surface area contributed by atoms with Gasteiger partial charge in [-0.1, -0.05) is 48.5 Å². The van der Waals surface area contributed by atoms with Gasteiger partial charge in [0.15, 0.2) is 6.10 Å². The maximum atomic E-state index is 10.3. The van der Waals surface area contributed by atoms with Crippen LogP contribution >= 0.6 is 0 Å². The van der Waals surface area contributed by atoms with Crippen molar-refractivity contribution < 1.29 is 38.3 Å². The highest BCUT2D eigenvalue weighted by molar-refractivity contribution is 5.21. The lowest BCUT2D eigenvalue weighted by atomic mass is 10.2. The molecule has 1 fully saturated rings. The van der Waals surface area contributed by atoms with E-state index in [4.69, 9.17) is 4.74 Å². The molecule has 2 aromatic carbocycles. The Balaban J connectivity index is 0.00000176. The van der Waals surface area contributed by atoms with Crippen molar-refractivity contribution in [3.63, 3.8) is 0 Å². The van der Waals surface area contributed by atoms with Gasteiger partial charge in [-0.15, -0.1) is 0 Å². The number of para-hydroxylation sites is 1. The van der Waals surface area contributed by atoms with Crippen molar-refractivity contribution in [1.82, 2.24) is 0 Å². The Hall–Kier alpha value is -1.11. The van der Waals surface area contributed by atoms with Gasteiger partial charge in [-0.05, 0) is 12.1 Å². The number of benzene rings is 2. The maximum absolute atomic E-state index is 10.3. The maximum Gasteiger partial charge on any atom is 0.178 e. The molecule has 3 rings (SSSR count). The Kier molecular flexibility index (Phi) is 5.83. The van der Waals surface area contributed by atoms with Gasteiger partial charge in [0.2, 0.25) is 0 Å². The van der Waals surface area contributed by atoms with E-state index < -0.39 is 6.10 Å². The summed E-state index contributed by atoms with van der Waals surface area (Å²) in [5.74, 6) is 0.828. The number of hydrogen-bond acceptors (Lipinski definition) is 2. The van der Waals surface area contributed by atoms with Gasteiger partial charge >= 0.3 is 0 Å². The lowest BCUT2D eigenvalue weighted by Gasteiger charge is -2.29. The molecule has 1 aliphatic heterocycles. The fourth-order valence-corrected chi connectivity index (χ4v) is 3.14. The summed E-state index contributed by atoms with van der Waals surface area (Å²) in [4.78, 5) is 0. The highest BCUT2D eigenvalue weighted by atomic mass is 127. The first kappa shape index (κ1) is 17.2. The number of hydrogen-bond donors (Lipinski definition) is 1. The Morgan fingerprint density at radius 1 is 1.00 bits per heavy atom. The molecular weight excluding hydrogens is 389 g/mol. The Morgan fingerprint density at radius 2 is 1.59 bits per heavy atom. The molecule has 0 radical (unpaired) electrons. The van der Waals surface area contributed by atoms with Gasteiger partial charge in [0.25, 0.3) is 0 Å². The van der Waals surface area contributed by atoms with Crippen molar-refractivity contribution in [2.75, 3.05) is 20.1 Å². The molecular formula is C18H22INO2. The molecule has 2 aromatic rings. The Morgan fingerprint density at radius 3 is 2.23 bits per heavy atom. The summed E-state index contributed by atoms with van der Waals surface area (Å²) < 4.78 is 6.76. The third kappa shape index (κ3) is 4.21. The SMILES string of the molecule is C[N@@+]1(Cc2ccccc2)CC(Oc2ccccc2)[C@@H](O)C1.[I-]. The zero-order valence-corrected chi connectivity index (χ0v) is 14.9. The lowest BCUT2D eigenvalue weighted by molar-refractivity contribution is -0.913. The Labute approximate surface area is 149 Å². The minimum Gasteiger partial charge on any atom is -1.00 e. The van der Waals surface area contributed by atoms with E-state index in [0.29, 0.717) is 0 Å². The molecule has 0 aliphatic carbocycles. The predicted octanol–water partition coefficient (Wildman–Crippen LogP) is -0.541. The number of halogens is 1. The second-order valence-electron chi connectivity index (χ2n) is 6.17. The number of quaternary nitrogens is 1. The summed E-state index contributed by atoms with van der Waals surface area (Å²) in [6.07, 6.45) is -0.556. The van der Waals surface area contributed by atoms with Crippen LogP contribution in [0, 0.1) is 0 Å². The monoisotopic (exact) mass is 411 g/mol. The van der Waals surface area contributed by atoms with Crippen LogP contribution < -0.4 is 28.7 Å². The van der Waals surface area contributed by atoms with Crippen molar-refractivity contribution >= 4 is 0 Å². The fourth-order valence-electron chi connectivity index (χ4n) is 3.14. The summed E-state index contributed by atoms with van der Waals surface area (Å²) in [7, 11) is 2.19. The number of rotatable bonds is 4. The van der Waals surface area contributed by atoms with Crippen LogP contribution in [0.5, 0.6) is 5.75 Å². The number of aliphatic hydroxyl groups excluding tert-OH is 1. The highest BCUT2D eigenvalue weighted by Crippen LogP contribution is 2.25. The van der Waals surface area contributed by atoms with E-state index in [2.05, 4.69) is 31.3 Å². The van der Waals surface area contributed by atoms with E-state index in [9.17, 15) is 5.11 Å². The van der Waals surface area contributed by atoms with Crippen molar-refractivity contribution in [2.45, 2.75) is 18.8 Å². The molecule has 1 saturated heterocycles. The van der Waals surface area contributed by atoms with Crippen molar-refractivity contribution in [2.24, 2.45) is 0 Å². The zero-order chi connectivity index (χ0) is 14.7. The van der Waals surface area contributed by atoms with Crippen LogP contribution in [0.15, 0.2) is 60.7 Å². The molecule has 118 valence electrons. The summed E-state index contributed by atoms with van der Waals surface area (Å²) in [5.41, 5.74) is 1.30. The minimum atomic E-state index is -0.418. The highest BCUT2D eigenvalue weighted by Gasteiger charge is 2.43. The van der Waals surface area contributed by atoms with Gasteiger partial charge in [0.05, 0.1) is 7.05 Å². The van der Waals surface area contributed by atoms with E-state index in [1.807, 2.05) is 36.4 Å². The fraction of sp³-hybridized carbons (Fsp3) is 0.333. The molecule has 3 atom stereocenters. The predicted molar refractivity (Wildman–Crippen MR) is 82.9 cm³/mol. The standard InChI is InChI=1S/C18H22NO2.HI/c1-19(12-15-8-4-2-5-9-15)13-17(20)18(14-19)21-16-10-6-3-7-11-16;/h2-11,17-18,20H,12-14H2,1H3;1H/q+1;/p-1/t17-,18?,19-;/m0./s1. The average molecular weight is 411 g/mol. The largest absolute Gasteiger partial charge is 1.00 e. The van der Waals surface area contributed by atoms with Crippen LogP contribution in [0.25, 0.3) is 0 Å². The number of aliphatic hydroxyl groups is 1. The smallest absolute Gasteiger partial charge is 0.178 e. The molecule has 1 N–H and O–H groups in total. The van der Waals surface area contributed by atoms with Gasteiger partial charge in [-0.3, -0.25) is 0 Å². The summed E-state index contributed by atoms with van der Waals surface area (Å²) >= 11 is 0. The van der Waals surface area contributed by atoms with E-state index in [1.165, 1.54) is 5.56 Å². The van der Waals surface area contributed by atoms with Crippen molar-refractivity contribution in [3.05, 3.63) is 66.2 Å². The van der Waals surface area contributed by atoms with Crippen LogP contribution in [0.4, 0.5) is 0 Å². The van der Waals surface area contributed by atoms with Crippen LogP contribution in [0.3, 0.4) is 0 Å². The minimum absolute atomic E-state index is 0. The quantitative estimate of drug-likeness (QED) is 0.541. The molecule has 0 amide bonds. The summed E-state index contributed by atoms with van der Waals surface area (Å²) in [6.45, 7) is 2.48. The molecule has 4 heteroatoms. The molecule has 1 aliphatic rings. The average Bonchev–Trinajstić information content (AvgIpc) is 2.75. The first-order valence-corrected chi connectivity index (χ1v) is 7.42. The summed E-state index contributed by atoms with van der Waals surface area (Å²) in [5, 5.41) is 10.3. The molecule has 1 heterocycles. The van der Waals surface area contributed by atoms with Crippen LogP contribution in [-0.4, -0.2) is 41.9 Å². The second kappa shape index (κ2) is 7.44. The zero-order valence-electron chi connectivity index (χ0n) is 12.7. The van der Waals surface area contributed by atoms with Crippen molar-refractivity contribution in [3.8, 4) is 5.75 Å². The van der Waals surface area contributed by atoms with E-state index in [1.54, 1.807) is 0 Å². The normalized spacial score (nSPS) is 27.2. The van der Waals surface area contributed by atoms with Crippen LogP contribution in [0.2, 0.25) is 0 Å². The third-order valence-electron chi connectivity index (χ3n) is 4.12. The van der Waals surface area contributed by atoms with Gasteiger partial charge in [0.1, 0.15) is 31.5 Å². The Bertz CT molecular complexity index is 578. The van der Waals surface area contributed by atoms with E-state index >= 15 is 0 Å². The molecule has 0 spiro atoms. The first-order valence-electron chi connectivity index (χ1n) is 7.42. The van der Waals surface area contributed by atoms with Crippen LogP contribution in [0.1, 0.15) is 5.56 Å². The lowest BCUT2D eigenvalue weighted by Crippen LogP contribution is -3.00. The number of nitrogens with zero attached hydrogens (tertiary/aromatic N) is 1. The summed E-state index contributed by atoms with van der Waals surface area (Å²) in [6, 6.07) is 20.2. The van der Waals surface area contributed by atoms with Gasteiger partial charge in [0, 0.05) is 5.56 Å². The number of likely N-dealkylation sites (tertiary alicyclic amines) is 1.